The molecule has 114 valence electrons. The van der Waals surface area contributed by atoms with Gasteiger partial charge in [0.15, 0.2) is 0 Å². The third kappa shape index (κ3) is 2.68. The van der Waals surface area contributed by atoms with Crippen LogP contribution in [0.4, 0.5) is 0 Å². The zero-order valence-electron chi connectivity index (χ0n) is 12.4. The number of aliphatic carboxylic acids is 1. The molecule has 2 atom stereocenters. The van der Waals surface area contributed by atoms with Gasteiger partial charge in [0.1, 0.15) is 0 Å². The summed E-state index contributed by atoms with van der Waals surface area (Å²) >= 11 is 0. The lowest BCUT2D eigenvalue weighted by molar-refractivity contribution is -0.151. The molecule has 1 aliphatic heterocycles. The van der Waals surface area contributed by atoms with Crippen molar-refractivity contribution < 1.29 is 19.4 Å². The van der Waals surface area contributed by atoms with Crippen LogP contribution >= 0.6 is 0 Å². The first-order valence-electron chi connectivity index (χ1n) is 7.63. The summed E-state index contributed by atoms with van der Waals surface area (Å²) < 4.78 is 5.40. The molecule has 5 nitrogen and oxygen atoms in total. The standard InChI is InChI=1S/C15H25NO4/c1-3-20-10-8-15(6-4-7-15)14(19)16-9-5-12(11(16)2)13(17)18/h11-12H,3-10H2,1-2H3,(H,17,18). The van der Waals surface area contributed by atoms with Gasteiger partial charge >= 0.3 is 5.97 Å². The van der Waals surface area contributed by atoms with Crippen molar-refractivity contribution in [3.8, 4) is 0 Å². The summed E-state index contributed by atoms with van der Waals surface area (Å²) in [6.45, 7) is 5.68. The highest BCUT2D eigenvalue weighted by molar-refractivity contribution is 5.85. The number of amides is 1. The molecule has 2 fully saturated rings. The van der Waals surface area contributed by atoms with Gasteiger partial charge in [-0.25, -0.2) is 0 Å². The number of hydrogen-bond donors (Lipinski definition) is 1. The molecule has 2 rings (SSSR count). The van der Waals surface area contributed by atoms with Gasteiger partial charge in [0.2, 0.25) is 5.91 Å². The first-order valence-corrected chi connectivity index (χ1v) is 7.63. The van der Waals surface area contributed by atoms with Crippen molar-refractivity contribution in [3.05, 3.63) is 0 Å². The maximum Gasteiger partial charge on any atom is 0.308 e. The van der Waals surface area contributed by atoms with E-state index in [9.17, 15) is 14.7 Å². The Morgan fingerprint density at radius 3 is 2.55 bits per heavy atom. The first-order chi connectivity index (χ1) is 9.52. The smallest absolute Gasteiger partial charge is 0.308 e. The van der Waals surface area contributed by atoms with Crippen molar-refractivity contribution >= 4 is 11.9 Å². The molecule has 0 aromatic carbocycles. The topological polar surface area (TPSA) is 66.8 Å². The van der Waals surface area contributed by atoms with E-state index in [1.54, 1.807) is 4.90 Å². The molecule has 0 aromatic heterocycles. The SMILES string of the molecule is CCOCCC1(C(=O)N2CCC(C(=O)O)C2C)CCC1. The predicted molar refractivity (Wildman–Crippen MR) is 74.3 cm³/mol. The van der Waals surface area contributed by atoms with Gasteiger partial charge in [-0.05, 0) is 39.5 Å². The van der Waals surface area contributed by atoms with Crippen LogP contribution in [0.15, 0.2) is 0 Å². The largest absolute Gasteiger partial charge is 0.481 e. The van der Waals surface area contributed by atoms with E-state index in [1.807, 2.05) is 13.8 Å². The number of carboxylic acid groups (broad SMARTS) is 1. The van der Waals surface area contributed by atoms with Crippen molar-refractivity contribution in [2.24, 2.45) is 11.3 Å². The fraction of sp³-hybridized carbons (Fsp3) is 0.867. The summed E-state index contributed by atoms with van der Waals surface area (Å²) in [6.07, 6.45) is 4.26. The van der Waals surface area contributed by atoms with Gasteiger partial charge in [0.25, 0.3) is 0 Å². The third-order valence-corrected chi connectivity index (χ3v) is 5.03. The zero-order valence-corrected chi connectivity index (χ0v) is 12.4. The summed E-state index contributed by atoms with van der Waals surface area (Å²) in [5.74, 6) is -1.05. The van der Waals surface area contributed by atoms with E-state index < -0.39 is 11.9 Å². The van der Waals surface area contributed by atoms with Crippen LogP contribution in [0.2, 0.25) is 0 Å². The molecule has 20 heavy (non-hydrogen) atoms. The number of carboxylic acids is 1. The van der Waals surface area contributed by atoms with Crippen LogP contribution in [-0.2, 0) is 14.3 Å². The van der Waals surface area contributed by atoms with Crippen LogP contribution in [0.5, 0.6) is 0 Å². The van der Waals surface area contributed by atoms with Gasteiger partial charge in [0, 0.05) is 25.8 Å². The maximum absolute atomic E-state index is 12.8. The van der Waals surface area contributed by atoms with Gasteiger partial charge in [-0.15, -0.1) is 0 Å². The Hall–Kier alpha value is -1.10. The van der Waals surface area contributed by atoms with Crippen LogP contribution in [0.3, 0.4) is 0 Å². The van der Waals surface area contributed by atoms with Crippen molar-refractivity contribution in [1.82, 2.24) is 4.90 Å². The number of ether oxygens (including phenoxy) is 1. The van der Waals surface area contributed by atoms with E-state index in [0.717, 1.165) is 25.7 Å². The van der Waals surface area contributed by atoms with Crippen molar-refractivity contribution in [2.45, 2.75) is 52.0 Å². The van der Waals surface area contributed by atoms with E-state index in [1.165, 1.54) is 0 Å². The van der Waals surface area contributed by atoms with Crippen LogP contribution in [0.25, 0.3) is 0 Å². The van der Waals surface area contributed by atoms with E-state index in [4.69, 9.17) is 4.74 Å². The fourth-order valence-corrected chi connectivity index (χ4v) is 3.45. The molecule has 2 unspecified atom stereocenters. The van der Waals surface area contributed by atoms with Crippen LogP contribution < -0.4 is 0 Å². The lowest BCUT2D eigenvalue weighted by Crippen LogP contribution is -2.50. The molecule has 1 amide bonds. The molecule has 0 spiro atoms. The second-order valence-corrected chi connectivity index (χ2v) is 6.05. The normalized spacial score (nSPS) is 28.2. The Morgan fingerprint density at radius 1 is 1.40 bits per heavy atom. The van der Waals surface area contributed by atoms with Crippen LogP contribution in [-0.4, -0.2) is 47.7 Å². The van der Waals surface area contributed by atoms with Crippen LogP contribution in [0.1, 0.15) is 46.0 Å². The molecule has 1 N–H and O–H groups in total. The minimum absolute atomic E-state index is 0.153. The lowest BCUT2D eigenvalue weighted by atomic mass is 9.65. The number of hydrogen-bond acceptors (Lipinski definition) is 3. The molecule has 1 heterocycles. The van der Waals surface area contributed by atoms with E-state index >= 15 is 0 Å². The van der Waals surface area contributed by atoms with E-state index in [-0.39, 0.29) is 17.4 Å². The molecular weight excluding hydrogens is 258 g/mol. The highest BCUT2D eigenvalue weighted by atomic mass is 16.5. The molecule has 2 aliphatic rings. The molecule has 0 radical (unpaired) electrons. The minimum atomic E-state index is -0.787. The number of nitrogens with zero attached hydrogens (tertiary/aromatic N) is 1. The highest BCUT2D eigenvalue weighted by Crippen LogP contribution is 2.46. The Labute approximate surface area is 120 Å². The number of rotatable bonds is 6. The molecule has 0 bridgehead atoms. The number of likely N-dealkylation sites (tertiary alicyclic amines) is 1. The first kappa shape index (κ1) is 15.3. The summed E-state index contributed by atoms with van der Waals surface area (Å²) in [5, 5.41) is 9.17. The zero-order chi connectivity index (χ0) is 14.8. The highest BCUT2D eigenvalue weighted by Gasteiger charge is 2.49. The molecule has 0 aromatic rings. The summed E-state index contributed by atoms with van der Waals surface area (Å²) in [7, 11) is 0. The maximum atomic E-state index is 12.8. The molecule has 1 saturated heterocycles. The van der Waals surface area contributed by atoms with Crippen molar-refractivity contribution in [2.75, 3.05) is 19.8 Å². The third-order valence-electron chi connectivity index (χ3n) is 5.03. The minimum Gasteiger partial charge on any atom is -0.481 e. The second-order valence-electron chi connectivity index (χ2n) is 6.05. The Morgan fingerprint density at radius 2 is 2.10 bits per heavy atom. The van der Waals surface area contributed by atoms with E-state index in [0.29, 0.717) is 26.2 Å². The summed E-state index contributed by atoms with van der Waals surface area (Å²) in [5.41, 5.74) is -0.281. The van der Waals surface area contributed by atoms with Crippen LogP contribution in [0, 0.1) is 11.3 Å². The Bertz CT molecular complexity index is 378. The number of carbonyl (C=O) groups excluding carboxylic acids is 1. The van der Waals surface area contributed by atoms with Gasteiger partial charge in [-0.3, -0.25) is 9.59 Å². The van der Waals surface area contributed by atoms with Gasteiger partial charge < -0.3 is 14.7 Å². The fourth-order valence-electron chi connectivity index (χ4n) is 3.45. The molecular formula is C15H25NO4. The van der Waals surface area contributed by atoms with Gasteiger partial charge in [-0.1, -0.05) is 6.42 Å². The Kier molecular flexibility index (Phi) is 4.68. The molecule has 1 aliphatic carbocycles. The lowest BCUT2D eigenvalue weighted by Gasteiger charge is -2.44. The van der Waals surface area contributed by atoms with Crippen molar-refractivity contribution in [1.29, 1.82) is 0 Å². The average molecular weight is 283 g/mol. The molecule has 5 heteroatoms. The number of carbonyl (C=O) groups is 2. The average Bonchev–Trinajstić information content (AvgIpc) is 2.74. The summed E-state index contributed by atoms with van der Waals surface area (Å²) in [4.78, 5) is 25.8. The monoisotopic (exact) mass is 283 g/mol. The summed E-state index contributed by atoms with van der Waals surface area (Å²) in [6, 6.07) is -0.190. The molecule has 1 saturated carbocycles. The van der Waals surface area contributed by atoms with E-state index in [2.05, 4.69) is 0 Å². The quantitative estimate of drug-likeness (QED) is 0.756. The van der Waals surface area contributed by atoms with Gasteiger partial charge in [0.05, 0.1) is 11.3 Å². The second kappa shape index (κ2) is 6.12. The van der Waals surface area contributed by atoms with Gasteiger partial charge in [-0.2, -0.15) is 0 Å². The Balaban J connectivity index is 2.00. The van der Waals surface area contributed by atoms with Crippen molar-refractivity contribution in [3.63, 3.8) is 0 Å². The predicted octanol–water partition coefficient (Wildman–Crippen LogP) is 1.90.